The molecule has 0 aromatic heterocycles. The Hall–Kier alpha value is -0.260. The molecule has 0 aliphatic heterocycles. The van der Waals surface area contributed by atoms with Gasteiger partial charge in [-0.05, 0) is 44.9 Å². The van der Waals surface area contributed by atoms with Crippen LogP contribution in [0.5, 0.6) is 0 Å². The van der Waals surface area contributed by atoms with Gasteiger partial charge in [-0.25, -0.2) is 0 Å². The van der Waals surface area contributed by atoms with Crippen molar-refractivity contribution < 1.29 is 0 Å². The monoisotopic (exact) mass is 180 g/mol. The van der Waals surface area contributed by atoms with E-state index in [1.54, 1.807) is 0 Å². The summed E-state index contributed by atoms with van der Waals surface area (Å²) in [6, 6.07) is 0. The molecule has 0 unspecified atom stereocenters. The van der Waals surface area contributed by atoms with Crippen LogP contribution >= 0.6 is 0 Å². The van der Waals surface area contributed by atoms with Gasteiger partial charge in [0.05, 0.1) is 0 Å². The number of rotatable bonds is 6. The molecule has 0 heterocycles. The van der Waals surface area contributed by atoms with Crippen LogP contribution in [0.4, 0.5) is 0 Å². The second-order valence-electron chi connectivity index (χ2n) is 4.94. The third-order valence-corrected chi connectivity index (χ3v) is 3.21. The van der Waals surface area contributed by atoms with Crippen LogP contribution in [-0.4, -0.2) is 0 Å². The number of hydrogen-bond acceptors (Lipinski definition) is 0. The molecule has 0 aromatic rings. The summed E-state index contributed by atoms with van der Waals surface area (Å²) in [7, 11) is 0. The van der Waals surface area contributed by atoms with Crippen LogP contribution in [0.25, 0.3) is 0 Å². The highest BCUT2D eigenvalue weighted by molar-refractivity contribution is 5.03. The fraction of sp³-hybridized carbons (Fsp3) is 0.846. The number of allylic oxidation sites excluding steroid dienone is 2. The Kier molecular flexibility index (Phi) is 4.02. The Morgan fingerprint density at radius 1 is 1.23 bits per heavy atom. The molecule has 1 aliphatic carbocycles. The lowest BCUT2D eigenvalue weighted by molar-refractivity contribution is 0.442. The molecule has 1 rings (SSSR count). The molecule has 13 heavy (non-hydrogen) atoms. The molecule has 1 aliphatic rings. The molecule has 1 saturated carbocycles. The maximum atomic E-state index is 2.43. The van der Waals surface area contributed by atoms with Gasteiger partial charge in [0.25, 0.3) is 0 Å². The maximum Gasteiger partial charge on any atom is -0.0262 e. The lowest BCUT2D eigenvalue weighted by atomic mass is 9.94. The van der Waals surface area contributed by atoms with Gasteiger partial charge in [-0.2, -0.15) is 0 Å². The van der Waals surface area contributed by atoms with Gasteiger partial charge in [0.2, 0.25) is 0 Å². The maximum absolute atomic E-state index is 2.43. The van der Waals surface area contributed by atoms with Crippen LogP contribution in [-0.2, 0) is 0 Å². The predicted octanol–water partition coefficient (Wildman–Crippen LogP) is 4.70. The van der Waals surface area contributed by atoms with Crippen molar-refractivity contribution in [2.45, 2.75) is 65.7 Å². The normalized spacial score (nSPS) is 18.4. The average Bonchev–Trinajstić information content (AvgIpc) is 2.83. The molecule has 0 bridgehead atoms. The highest BCUT2D eigenvalue weighted by Gasteiger charge is 2.40. The van der Waals surface area contributed by atoms with Crippen LogP contribution in [0.3, 0.4) is 0 Å². The van der Waals surface area contributed by atoms with E-state index in [1.807, 2.05) is 0 Å². The summed E-state index contributed by atoms with van der Waals surface area (Å²) in [5.74, 6) is 0. The van der Waals surface area contributed by atoms with Crippen molar-refractivity contribution in [1.82, 2.24) is 0 Å². The summed E-state index contributed by atoms with van der Waals surface area (Å²) in [6.45, 7) is 6.71. The van der Waals surface area contributed by atoms with Gasteiger partial charge in [-0.15, -0.1) is 0 Å². The Balaban J connectivity index is 2.19. The molecule has 0 nitrogen and oxygen atoms in total. The van der Waals surface area contributed by atoms with E-state index >= 15 is 0 Å². The summed E-state index contributed by atoms with van der Waals surface area (Å²) in [5, 5.41) is 0. The van der Waals surface area contributed by atoms with Crippen LogP contribution in [0.2, 0.25) is 0 Å². The van der Waals surface area contributed by atoms with Crippen molar-refractivity contribution >= 4 is 0 Å². The minimum atomic E-state index is 0.756. The van der Waals surface area contributed by atoms with E-state index in [4.69, 9.17) is 0 Å². The van der Waals surface area contributed by atoms with E-state index < -0.39 is 0 Å². The smallest absolute Gasteiger partial charge is 0.0262 e. The number of unbranched alkanes of at least 4 members (excludes halogenated alkanes) is 2. The van der Waals surface area contributed by atoms with Gasteiger partial charge in [0, 0.05) is 0 Å². The van der Waals surface area contributed by atoms with Gasteiger partial charge in [0.1, 0.15) is 0 Å². The molecular weight excluding hydrogens is 156 g/mol. The van der Waals surface area contributed by atoms with E-state index in [1.165, 1.54) is 50.5 Å². The molecule has 0 amide bonds. The third kappa shape index (κ3) is 3.97. The van der Waals surface area contributed by atoms with Gasteiger partial charge < -0.3 is 0 Å². The standard InChI is InChI=1S/C13H24/c1-4-5-6-8-13(10-11-13)9-7-12(2)3/h7H,4-6,8-11H2,1-3H3. The lowest BCUT2D eigenvalue weighted by Crippen LogP contribution is -1.98. The minimum absolute atomic E-state index is 0.756. The Labute approximate surface area is 83.4 Å². The third-order valence-electron chi connectivity index (χ3n) is 3.21. The molecule has 0 atom stereocenters. The van der Waals surface area contributed by atoms with Crippen molar-refractivity contribution in [3.63, 3.8) is 0 Å². The first-order valence-corrected chi connectivity index (χ1v) is 5.82. The molecule has 76 valence electrons. The topological polar surface area (TPSA) is 0 Å². The zero-order chi connectivity index (χ0) is 9.73. The summed E-state index contributed by atoms with van der Waals surface area (Å²) >= 11 is 0. The SMILES string of the molecule is CCCCCC1(CC=C(C)C)CC1. The Morgan fingerprint density at radius 3 is 2.38 bits per heavy atom. The first kappa shape index (κ1) is 10.8. The van der Waals surface area contributed by atoms with Gasteiger partial charge >= 0.3 is 0 Å². The van der Waals surface area contributed by atoms with Gasteiger partial charge in [-0.3, -0.25) is 0 Å². The molecular formula is C13H24. The molecule has 0 spiro atoms. The first-order valence-electron chi connectivity index (χ1n) is 5.82. The Bertz CT molecular complexity index is 168. The number of hydrogen-bond donors (Lipinski definition) is 0. The second-order valence-corrected chi connectivity index (χ2v) is 4.94. The van der Waals surface area contributed by atoms with Gasteiger partial charge in [-0.1, -0.05) is 37.8 Å². The molecule has 0 aromatic carbocycles. The summed E-state index contributed by atoms with van der Waals surface area (Å²) in [5.41, 5.74) is 2.24. The summed E-state index contributed by atoms with van der Waals surface area (Å²) in [6.07, 6.45) is 12.5. The minimum Gasteiger partial charge on any atom is -0.0853 e. The first-order chi connectivity index (χ1) is 6.18. The molecule has 0 N–H and O–H groups in total. The molecule has 0 heteroatoms. The van der Waals surface area contributed by atoms with Crippen LogP contribution < -0.4 is 0 Å². The molecule has 0 saturated heterocycles. The lowest BCUT2D eigenvalue weighted by Gasteiger charge is -2.12. The highest BCUT2D eigenvalue weighted by Crippen LogP contribution is 2.53. The highest BCUT2D eigenvalue weighted by atomic mass is 14.4. The quantitative estimate of drug-likeness (QED) is 0.410. The van der Waals surface area contributed by atoms with Crippen LogP contribution in [0, 0.1) is 5.41 Å². The van der Waals surface area contributed by atoms with Crippen LogP contribution in [0.15, 0.2) is 11.6 Å². The van der Waals surface area contributed by atoms with Crippen molar-refractivity contribution in [3.8, 4) is 0 Å². The Morgan fingerprint density at radius 2 is 1.92 bits per heavy atom. The van der Waals surface area contributed by atoms with E-state index in [-0.39, 0.29) is 0 Å². The largest absolute Gasteiger partial charge is 0.0853 e. The van der Waals surface area contributed by atoms with Crippen LogP contribution in [0.1, 0.15) is 65.7 Å². The average molecular weight is 180 g/mol. The van der Waals surface area contributed by atoms with E-state index in [0.717, 1.165) is 5.41 Å². The van der Waals surface area contributed by atoms with Crippen molar-refractivity contribution in [1.29, 1.82) is 0 Å². The predicted molar refractivity (Wildman–Crippen MR) is 59.9 cm³/mol. The second kappa shape index (κ2) is 4.83. The zero-order valence-electron chi connectivity index (χ0n) is 9.53. The zero-order valence-corrected chi connectivity index (χ0v) is 9.53. The molecule has 1 fully saturated rings. The molecule has 0 radical (unpaired) electrons. The van der Waals surface area contributed by atoms with E-state index in [2.05, 4.69) is 26.8 Å². The van der Waals surface area contributed by atoms with Crippen molar-refractivity contribution in [3.05, 3.63) is 11.6 Å². The fourth-order valence-electron chi connectivity index (χ4n) is 1.90. The van der Waals surface area contributed by atoms with E-state index in [0.29, 0.717) is 0 Å². The van der Waals surface area contributed by atoms with Gasteiger partial charge in [0.15, 0.2) is 0 Å². The van der Waals surface area contributed by atoms with Crippen molar-refractivity contribution in [2.24, 2.45) is 5.41 Å². The van der Waals surface area contributed by atoms with Crippen molar-refractivity contribution in [2.75, 3.05) is 0 Å². The fourth-order valence-corrected chi connectivity index (χ4v) is 1.90. The van der Waals surface area contributed by atoms with E-state index in [9.17, 15) is 0 Å². The summed E-state index contributed by atoms with van der Waals surface area (Å²) < 4.78 is 0. The summed E-state index contributed by atoms with van der Waals surface area (Å²) in [4.78, 5) is 0.